The molecule has 0 aliphatic carbocycles. The van der Waals surface area contributed by atoms with Crippen molar-refractivity contribution in [3.8, 4) is 0 Å². The number of benzene rings is 1. The first-order valence-corrected chi connectivity index (χ1v) is 8.79. The molecule has 3 heterocycles. The normalized spacial score (nSPS) is 13.9. The second kappa shape index (κ2) is 7.55. The zero-order valence-electron chi connectivity index (χ0n) is 14.7. The standard InChI is InChI=1S/C19H20N6O2/c26-18(27)17-15-12-25(7-6-16(15)23-24-17)11-14-9-21-19(22-10-14)20-8-13-4-2-1-3-5-13/h1-5,9-10H,6-8,11-12H2,(H,23,24)(H,26,27)(H,20,21,22). The van der Waals surface area contributed by atoms with Crippen molar-refractivity contribution >= 4 is 11.9 Å². The highest BCUT2D eigenvalue weighted by Gasteiger charge is 2.25. The van der Waals surface area contributed by atoms with E-state index in [0.29, 0.717) is 25.6 Å². The number of hydrogen-bond donors (Lipinski definition) is 3. The minimum atomic E-state index is -0.994. The van der Waals surface area contributed by atoms with Gasteiger partial charge in [0.1, 0.15) is 0 Å². The highest BCUT2D eigenvalue weighted by Crippen LogP contribution is 2.21. The van der Waals surface area contributed by atoms with Crippen LogP contribution in [0.15, 0.2) is 42.7 Å². The van der Waals surface area contributed by atoms with Crippen molar-refractivity contribution < 1.29 is 9.90 Å². The van der Waals surface area contributed by atoms with Crippen molar-refractivity contribution in [2.75, 3.05) is 11.9 Å². The van der Waals surface area contributed by atoms with Crippen LogP contribution in [0.3, 0.4) is 0 Å². The first kappa shape index (κ1) is 17.2. The van der Waals surface area contributed by atoms with E-state index in [1.807, 2.05) is 42.7 Å². The van der Waals surface area contributed by atoms with Crippen LogP contribution in [0.4, 0.5) is 5.95 Å². The average Bonchev–Trinajstić information content (AvgIpc) is 3.12. The lowest BCUT2D eigenvalue weighted by Crippen LogP contribution is -2.30. The number of nitrogens with zero attached hydrogens (tertiary/aromatic N) is 4. The molecule has 1 aliphatic heterocycles. The Morgan fingerprint density at radius 1 is 1.19 bits per heavy atom. The number of fused-ring (bicyclic) bond motifs is 1. The summed E-state index contributed by atoms with van der Waals surface area (Å²) in [5, 5.41) is 19.2. The lowest BCUT2D eigenvalue weighted by Gasteiger charge is -2.26. The smallest absolute Gasteiger partial charge is 0.356 e. The SMILES string of the molecule is O=C(O)c1n[nH]c2c1CN(Cc1cnc(NCc3ccccc3)nc1)CC2. The van der Waals surface area contributed by atoms with Gasteiger partial charge in [-0.05, 0) is 5.56 Å². The average molecular weight is 364 g/mol. The van der Waals surface area contributed by atoms with Gasteiger partial charge in [0.05, 0.1) is 0 Å². The molecule has 0 atom stereocenters. The molecule has 0 saturated carbocycles. The van der Waals surface area contributed by atoms with Gasteiger partial charge < -0.3 is 10.4 Å². The molecule has 8 heteroatoms. The summed E-state index contributed by atoms with van der Waals surface area (Å²) >= 11 is 0. The van der Waals surface area contributed by atoms with E-state index in [4.69, 9.17) is 0 Å². The second-order valence-corrected chi connectivity index (χ2v) is 6.55. The highest BCUT2D eigenvalue weighted by molar-refractivity contribution is 5.87. The number of aromatic amines is 1. The molecular weight excluding hydrogens is 344 g/mol. The number of carbonyl (C=O) groups is 1. The van der Waals surface area contributed by atoms with Crippen LogP contribution < -0.4 is 5.32 Å². The van der Waals surface area contributed by atoms with Crippen molar-refractivity contribution in [3.63, 3.8) is 0 Å². The molecule has 3 aromatic rings. The molecule has 0 radical (unpaired) electrons. The van der Waals surface area contributed by atoms with E-state index >= 15 is 0 Å². The van der Waals surface area contributed by atoms with Gasteiger partial charge in [-0.25, -0.2) is 14.8 Å². The molecule has 0 spiro atoms. The van der Waals surface area contributed by atoms with Gasteiger partial charge in [-0.2, -0.15) is 5.10 Å². The van der Waals surface area contributed by atoms with Gasteiger partial charge in [-0.15, -0.1) is 0 Å². The molecule has 8 nitrogen and oxygen atoms in total. The number of H-pyrrole nitrogens is 1. The number of hydrogen-bond acceptors (Lipinski definition) is 6. The summed E-state index contributed by atoms with van der Waals surface area (Å²) in [6.07, 6.45) is 4.37. The maximum absolute atomic E-state index is 11.3. The number of carboxylic acids is 1. The van der Waals surface area contributed by atoms with Crippen molar-refractivity contribution in [2.45, 2.75) is 26.1 Å². The number of carboxylic acid groups (broad SMARTS) is 1. The minimum Gasteiger partial charge on any atom is -0.476 e. The van der Waals surface area contributed by atoms with E-state index in [9.17, 15) is 9.90 Å². The van der Waals surface area contributed by atoms with E-state index < -0.39 is 5.97 Å². The molecule has 0 amide bonds. The van der Waals surface area contributed by atoms with E-state index in [0.717, 1.165) is 29.8 Å². The predicted molar refractivity (Wildman–Crippen MR) is 99.2 cm³/mol. The van der Waals surface area contributed by atoms with E-state index in [1.165, 1.54) is 5.56 Å². The van der Waals surface area contributed by atoms with Crippen molar-refractivity contribution in [2.24, 2.45) is 0 Å². The lowest BCUT2D eigenvalue weighted by molar-refractivity contribution is 0.0687. The van der Waals surface area contributed by atoms with Gasteiger partial charge in [-0.1, -0.05) is 30.3 Å². The molecule has 1 aromatic carbocycles. The van der Waals surface area contributed by atoms with Crippen LogP contribution in [-0.4, -0.2) is 42.7 Å². The molecule has 138 valence electrons. The summed E-state index contributed by atoms with van der Waals surface area (Å²) in [4.78, 5) is 22.2. The fraction of sp³-hybridized carbons (Fsp3) is 0.263. The molecule has 0 bridgehead atoms. The Bertz CT molecular complexity index is 923. The lowest BCUT2D eigenvalue weighted by atomic mass is 10.0. The number of nitrogens with one attached hydrogen (secondary N) is 2. The van der Waals surface area contributed by atoms with Gasteiger partial charge in [0.25, 0.3) is 0 Å². The Labute approximate surface area is 156 Å². The molecule has 0 saturated heterocycles. The summed E-state index contributed by atoms with van der Waals surface area (Å²) < 4.78 is 0. The fourth-order valence-corrected chi connectivity index (χ4v) is 3.23. The highest BCUT2D eigenvalue weighted by atomic mass is 16.4. The predicted octanol–water partition coefficient (Wildman–Crippen LogP) is 2.07. The van der Waals surface area contributed by atoms with Gasteiger partial charge in [0, 0.05) is 61.8 Å². The molecule has 27 heavy (non-hydrogen) atoms. The Morgan fingerprint density at radius 2 is 1.96 bits per heavy atom. The number of anilines is 1. The van der Waals surface area contributed by atoms with Crippen LogP contribution in [0.25, 0.3) is 0 Å². The van der Waals surface area contributed by atoms with Crippen LogP contribution in [0.2, 0.25) is 0 Å². The van der Waals surface area contributed by atoms with Crippen LogP contribution in [-0.2, 0) is 26.1 Å². The van der Waals surface area contributed by atoms with Gasteiger partial charge in [0.15, 0.2) is 5.69 Å². The summed E-state index contributed by atoms with van der Waals surface area (Å²) in [7, 11) is 0. The molecule has 4 rings (SSSR count). The Morgan fingerprint density at radius 3 is 2.70 bits per heavy atom. The summed E-state index contributed by atoms with van der Waals surface area (Å²) in [6, 6.07) is 10.1. The summed E-state index contributed by atoms with van der Waals surface area (Å²) in [5.41, 5.74) is 3.97. The zero-order chi connectivity index (χ0) is 18.6. The number of aromatic nitrogens is 4. The van der Waals surface area contributed by atoms with Crippen LogP contribution in [0.5, 0.6) is 0 Å². The zero-order valence-corrected chi connectivity index (χ0v) is 14.7. The Kier molecular flexibility index (Phi) is 4.80. The van der Waals surface area contributed by atoms with Gasteiger partial charge in [-0.3, -0.25) is 10.00 Å². The largest absolute Gasteiger partial charge is 0.476 e. The molecule has 1 aliphatic rings. The topological polar surface area (TPSA) is 107 Å². The van der Waals surface area contributed by atoms with Gasteiger partial charge >= 0.3 is 5.97 Å². The van der Waals surface area contributed by atoms with E-state index in [1.54, 1.807) is 0 Å². The van der Waals surface area contributed by atoms with Crippen LogP contribution in [0.1, 0.15) is 32.9 Å². The second-order valence-electron chi connectivity index (χ2n) is 6.55. The number of aromatic carboxylic acids is 1. The molecule has 0 unspecified atom stereocenters. The van der Waals surface area contributed by atoms with Gasteiger partial charge in [0.2, 0.25) is 5.95 Å². The van der Waals surface area contributed by atoms with Crippen LogP contribution in [0, 0.1) is 0 Å². The summed E-state index contributed by atoms with van der Waals surface area (Å²) in [5.74, 6) is -0.405. The maximum Gasteiger partial charge on any atom is 0.356 e. The first-order chi connectivity index (χ1) is 13.2. The van der Waals surface area contributed by atoms with E-state index in [-0.39, 0.29) is 5.69 Å². The third-order valence-electron chi connectivity index (χ3n) is 4.62. The fourth-order valence-electron chi connectivity index (χ4n) is 3.23. The quantitative estimate of drug-likeness (QED) is 0.614. The number of rotatable bonds is 6. The molecule has 3 N–H and O–H groups in total. The van der Waals surface area contributed by atoms with Crippen molar-refractivity contribution in [1.82, 2.24) is 25.1 Å². The monoisotopic (exact) mass is 364 g/mol. The van der Waals surface area contributed by atoms with Crippen LogP contribution >= 0.6 is 0 Å². The minimum absolute atomic E-state index is 0.117. The van der Waals surface area contributed by atoms with Crippen molar-refractivity contribution in [1.29, 1.82) is 0 Å². The molecule has 2 aromatic heterocycles. The summed E-state index contributed by atoms with van der Waals surface area (Å²) in [6.45, 7) is 2.74. The molecular formula is C19H20N6O2. The third-order valence-corrected chi connectivity index (χ3v) is 4.62. The first-order valence-electron chi connectivity index (χ1n) is 8.79. The third kappa shape index (κ3) is 3.95. The van der Waals surface area contributed by atoms with Crippen molar-refractivity contribution in [3.05, 3.63) is 70.8 Å². The Hall–Kier alpha value is -3.26. The van der Waals surface area contributed by atoms with E-state index in [2.05, 4.69) is 30.4 Å². The maximum atomic E-state index is 11.3. The Balaban J connectivity index is 1.36. The molecule has 0 fully saturated rings.